The molecular weight excluding hydrogens is 449 g/mol. The van der Waals surface area contributed by atoms with Crippen molar-refractivity contribution in [3.63, 3.8) is 0 Å². The summed E-state index contributed by atoms with van der Waals surface area (Å²) >= 11 is 0. The predicted molar refractivity (Wildman–Crippen MR) is 117 cm³/mol. The summed E-state index contributed by atoms with van der Waals surface area (Å²) < 4.78 is 21.7. The molecule has 4 rings (SSSR count). The molecule has 182 valence electrons. The number of cyclic esters (lactones) is 1. The van der Waals surface area contributed by atoms with Crippen molar-refractivity contribution in [1.82, 2.24) is 25.8 Å². The number of ether oxygens (including phenoxy) is 1. The van der Waals surface area contributed by atoms with Gasteiger partial charge in [-0.3, -0.25) is 19.7 Å². The average molecular weight is 475 g/mol. The molecule has 0 radical (unpaired) electrons. The highest BCUT2D eigenvalue weighted by Crippen LogP contribution is 2.30. The van der Waals surface area contributed by atoms with Crippen molar-refractivity contribution >= 4 is 29.3 Å². The molecule has 1 aromatic heterocycles. The van der Waals surface area contributed by atoms with Gasteiger partial charge in [-0.25, -0.2) is 19.3 Å². The van der Waals surface area contributed by atoms with Crippen LogP contribution in [0.3, 0.4) is 0 Å². The molecule has 2 fully saturated rings. The van der Waals surface area contributed by atoms with E-state index in [0.717, 1.165) is 12.8 Å². The second-order valence-corrected chi connectivity index (χ2v) is 8.36. The van der Waals surface area contributed by atoms with Crippen molar-refractivity contribution in [2.75, 3.05) is 36.0 Å². The molecule has 2 aromatic rings. The molecule has 2 aliphatic heterocycles. The summed E-state index contributed by atoms with van der Waals surface area (Å²) in [5, 5.41) is 19.1. The van der Waals surface area contributed by atoms with Gasteiger partial charge in [0, 0.05) is 26.6 Å². The van der Waals surface area contributed by atoms with Gasteiger partial charge in [-0.15, -0.1) is 5.10 Å². The molecular formula is C21H26FN7O5. The second-order valence-electron chi connectivity index (χ2n) is 8.36. The zero-order valence-corrected chi connectivity index (χ0v) is 18.6. The van der Waals surface area contributed by atoms with Crippen molar-refractivity contribution < 1.29 is 28.7 Å². The molecule has 0 unspecified atom stereocenters. The van der Waals surface area contributed by atoms with E-state index in [-0.39, 0.29) is 30.6 Å². The summed E-state index contributed by atoms with van der Waals surface area (Å²) in [7, 11) is 0. The molecule has 0 spiro atoms. The quantitative estimate of drug-likeness (QED) is 0.396. The molecule has 3 N–H and O–H groups in total. The molecule has 0 saturated carbocycles. The number of hydrogen-bond acceptors (Lipinski definition) is 8. The Morgan fingerprint density at radius 3 is 2.74 bits per heavy atom. The normalized spacial score (nSPS) is 18.7. The van der Waals surface area contributed by atoms with E-state index in [4.69, 9.17) is 9.94 Å². The van der Waals surface area contributed by atoms with Crippen molar-refractivity contribution in [1.29, 1.82) is 0 Å². The topological polar surface area (TPSA) is 142 Å². The van der Waals surface area contributed by atoms with Gasteiger partial charge in [-0.05, 0) is 37.0 Å². The minimum absolute atomic E-state index is 0.173. The number of halogens is 1. The Labute approximate surface area is 194 Å². The van der Waals surface area contributed by atoms with E-state index in [9.17, 15) is 18.8 Å². The van der Waals surface area contributed by atoms with Gasteiger partial charge in [0.1, 0.15) is 17.6 Å². The first-order chi connectivity index (χ1) is 16.4. The van der Waals surface area contributed by atoms with Crippen LogP contribution < -0.4 is 20.6 Å². The minimum Gasteiger partial charge on any atom is -0.442 e. The standard InChI is InChI=1S/C21H26FN7O5/c1-13(30)23-9-16-12-28(21(32)34-16)15-2-3-18(17(22)8-15)27-6-4-14(5-7-27)11-29-19(10-24-26-29)20(31)25-33/h2-3,8,10,14,16,33H,4-7,9,11-12H2,1H3,(H,23,30)(H,25,31)/t16-/m0/s1. The van der Waals surface area contributed by atoms with Crippen LogP contribution in [-0.2, 0) is 16.1 Å². The molecule has 1 atom stereocenters. The van der Waals surface area contributed by atoms with E-state index in [1.54, 1.807) is 17.6 Å². The van der Waals surface area contributed by atoms with Crippen molar-refractivity contribution in [3.05, 3.63) is 35.9 Å². The van der Waals surface area contributed by atoms with Crippen LogP contribution in [0.2, 0.25) is 0 Å². The molecule has 1 aromatic carbocycles. The van der Waals surface area contributed by atoms with Crippen LogP contribution in [0.4, 0.5) is 20.6 Å². The SMILES string of the molecule is CC(=O)NC[C@H]1CN(c2ccc(N3CCC(Cn4nncc4C(=O)NO)CC3)c(F)c2)C(=O)O1. The van der Waals surface area contributed by atoms with E-state index in [1.807, 2.05) is 4.90 Å². The van der Waals surface area contributed by atoms with Crippen molar-refractivity contribution in [3.8, 4) is 0 Å². The number of hydrogen-bond donors (Lipinski definition) is 3. The number of hydroxylamine groups is 1. The van der Waals surface area contributed by atoms with E-state index in [2.05, 4.69) is 15.6 Å². The number of carbonyl (C=O) groups is 3. The maximum absolute atomic E-state index is 15.0. The Kier molecular flexibility index (Phi) is 6.91. The lowest BCUT2D eigenvalue weighted by molar-refractivity contribution is -0.119. The van der Waals surface area contributed by atoms with Gasteiger partial charge < -0.3 is 15.0 Å². The lowest BCUT2D eigenvalue weighted by Gasteiger charge is -2.34. The molecule has 3 heterocycles. The Hall–Kier alpha value is -3.74. The summed E-state index contributed by atoms with van der Waals surface area (Å²) in [6.45, 7) is 3.50. The van der Waals surface area contributed by atoms with E-state index in [1.165, 1.54) is 28.8 Å². The lowest BCUT2D eigenvalue weighted by atomic mass is 9.96. The first kappa shape index (κ1) is 23.4. The molecule has 0 bridgehead atoms. The zero-order chi connectivity index (χ0) is 24.2. The largest absolute Gasteiger partial charge is 0.442 e. The van der Waals surface area contributed by atoms with Crippen LogP contribution in [0, 0.1) is 11.7 Å². The van der Waals surface area contributed by atoms with Crippen LogP contribution >= 0.6 is 0 Å². The molecule has 3 amide bonds. The molecule has 34 heavy (non-hydrogen) atoms. The predicted octanol–water partition coefficient (Wildman–Crippen LogP) is 0.914. The van der Waals surface area contributed by atoms with E-state index < -0.39 is 23.9 Å². The van der Waals surface area contributed by atoms with Crippen LogP contribution in [0.15, 0.2) is 24.4 Å². The van der Waals surface area contributed by atoms with Gasteiger partial charge in [0.15, 0.2) is 0 Å². The number of piperidine rings is 1. The number of benzene rings is 1. The number of aromatic nitrogens is 3. The highest BCUT2D eigenvalue weighted by molar-refractivity contribution is 5.91. The number of carbonyl (C=O) groups excluding carboxylic acids is 3. The number of amides is 3. The summed E-state index contributed by atoms with van der Waals surface area (Å²) in [4.78, 5) is 38.2. The zero-order valence-electron chi connectivity index (χ0n) is 18.6. The van der Waals surface area contributed by atoms with Crippen LogP contribution in [0.5, 0.6) is 0 Å². The summed E-state index contributed by atoms with van der Waals surface area (Å²) in [5.74, 6) is -1.11. The van der Waals surface area contributed by atoms with Gasteiger partial charge in [0.25, 0.3) is 5.91 Å². The second kappa shape index (κ2) is 10.0. The first-order valence-corrected chi connectivity index (χ1v) is 11.0. The highest BCUT2D eigenvalue weighted by Gasteiger charge is 2.33. The molecule has 12 nitrogen and oxygen atoms in total. The third-order valence-electron chi connectivity index (χ3n) is 6.03. The minimum atomic E-state index is -0.673. The summed E-state index contributed by atoms with van der Waals surface area (Å²) in [6.07, 6.45) is 1.72. The fraction of sp³-hybridized carbons (Fsp3) is 0.476. The third kappa shape index (κ3) is 5.09. The maximum atomic E-state index is 15.0. The summed E-state index contributed by atoms with van der Waals surface area (Å²) in [5.41, 5.74) is 2.60. The van der Waals surface area contributed by atoms with Crippen molar-refractivity contribution in [2.24, 2.45) is 5.92 Å². The smallest absolute Gasteiger partial charge is 0.414 e. The summed E-state index contributed by atoms with van der Waals surface area (Å²) in [6, 6.07) is 4.65. The fourth-order valence-corrected chi connectivity index (χ4v) is 4.24. The van der Waals surface area contributed by atoms with Gasteiger partial charge >= 0.3 is 6.09 Å². The Morgan fingerprint density at radius 2 is 2.06 bits per heavy atom. The van der Waals surface area contributed by atoms with Crippen LogP contribution in [-0.4, -0.2) is 70.4 Å². The monoisotopic (exact) mass is 475 g/mol. The number of rotatable bonds is 7. The maximum Gasteiger partial charge on any atom is 0.414 e. The number of nitrogens with one attached hydrogen (secondary N) is 2. The van der Waals surface area contributed by atoms with Crippen LogP contribution in [0.25, 0.3) is 0 Å². The molecule has 2 saturated heterocycles. The molecule has 0 aliphatic carbocycles. The number of anilines is 2. The van der Waals surface area contributed by atoms with E-state index in [0.29, 0.717) is 31.0 Å². The average Bonchev–Trinajstić information content (AvgIpc) is 3.44. The number of nitrogens with zero attached hydrogens (tertiary/aromatic N) is 5. The van der Waals surface area contributed by atoms with Gasteiger partial charge in [0.05, 0.1) is 30.7 Å². The molecule has 13 heteroatoms. The Morgan fingerprint density at radius 1 is 1.29 bits per heavy atom. The van der Waals surface area contributed by atoms with Gasteiger partial charge in [-0.2, -0.15) is 0 Å². The molecule has 2 aliphatic rings. The first-order valence-electron chi connectivity index (χ1n) is 11.0. The van der Waals surface area contributed by atoms with Crippen molar-refractivity contribution in [2.45, 2.75) is 32.4 Å². The fourth-order valence-electron chi connectivity index (χ4n) is 4.24. The Bertz CT molecular complexity index is 1070. The van der Waals surface area contributed by atoms with Gasteiger partial charge in [0.2, 0.25) is 5.91 Å². The highest BCUT2D eigenvalue weighted by atomic mass is 19.1. The lowest BCUT2D eigenvalue weighted by Crippen LogP contribution is -2.36. The van der Waals surface area contributed by atoms with Crippen LogP contribution in [0.1, 0.15) is 30.3 Å². The Balaban J connectivity index is 1.35. The van der Waals surface area contributed by atoms with Gasteiger partial charge in [-0.1, -0.05) is 5.21 Å². The van der Waals surface area contributed by atoms with E-state index >= 15 is 0 Å². The third-order valence-corrected chi connectivity index (χ3v) is 6.03.